The number of rotatable bonds is 2. The maximum Gasteiger partial charge on any atom is 0.248 e. The third kappa shape index (κ3) is 1.97. The predicted molar refractivity (Wildman–Crippen MR) is 53.1 cm³/mol. The van der Waals surface area contributed by atoms with Crippen LogP contribution in [0.15, 0.2) is 0 Å². The highest BCUT2D eigenvalue weighted by molar-refractivity contribution is 5.81. The zero-order chi connectivity index (χ0) is 10.9. The van der Waals surface area contributed by atoms with E-state index in [1.165, 1.54) is 7.11 Å². The van der Waals surface area contributed by atoms with E-state index in [1.807, 2.05) is 0 Å². The monoisotopic (exact) mass is 212 g/mol. The van der Waals surface area contributed by atoms with E-state index in [-0.39, 0.29) is 23.8 Å². The summed E-state index contributed by atoms with van der Waals surface area (Å²) in [6.45, 7) is 2.28. The minimum absolute atomic E-state index is 0.000481. The van der Waals surface area contributed by atoms with E-state index in [0.29, 0.717) is 19.5 Å². The van der Waals surface area contributed by atoms with Crippen LogP contribution in [-0.2, 0) is 14.3 Å². The number of carbonyl (C=O) groups excluding carboxylic acids is 2. The molecule has 2 amide bonds. The van der Waals surface area contributed by atoms with Crippen LogP contribution in [0.4, 0.5) is 0 Å². The van der Waals surface area contributed by atoms with Gasteiger partial charge in [0.05, 0.1) is 0 Å². The predicted octanol–water partition coefficient (Wildman–Crippen LogP) is -0.629. The van der Waals surface area contributed by atoms with Crippen molar-refractivity contribution < 1.29 is 14.3 Å². The molecular weight excluding hydrogens is 196 g/mol. The van der Waals surface area contributed by atoms with Gasteiger partial charge in [0.25, 0.3) is 0 Å². The summed E-state index contributed by atoms with van der Waals surface area (Å²) in [4.78, 5) is 24.5. The van der Waals surface area contributed by atoms with E-state index in [1.54, 1.807) is 4.90 Å². The molecule has 0 aromatic rings. The highest BCUT2D eigenvalue weighted by atomic mass is 16.5. The summed E-state index contributed by atoms with van der Waals surface area (Å²) in [7, 11) is 1.52. The molecule has 1 N–H and O–H groups in total. The van der Waals surface area contributed by atoms with Crippen molar-refractivity contribution in [3.8, 4) is 0 Å². The minimum Gasteiger partial charge on any atom is -0.375 e. The van der Waals surface area contributed by atoms with Gasteiger partial charge in [-0.15, -0.1) is 0 Å². The molecule has 1 atom stereocenters. The van der Waals surface area contributed by atoms with Gasteiger partial charge < -0.3 is 15.0 Å². The Hall–Kier alpha value is -1.10. The van der Waals surface area contributed by atoms with E-state index in [4.69, 9.17) is 4.74 Å². The largest absolute Gasteiger partial charge is 0.375 e. The van der Waals surface area contributed by atoms with Crippen molar-refractivity contribution in [1.82, 2.24) is 10.2 Å². The second-order valence-corrected chi connectivity index (χ2v) is 4.45. The molecular formula is C10H16N2O3. The highest BCUT2D eigenvalue weighted by Gasteiger charge is 2.44. The fraction of sp³-hybridized carbons (Fsp3) is 0.800. The minimum atomic E-state index is 0.000481. The Balaban J connectivity index is 1.94. The first kappa shape index (κ1) is 10.4. The average Bonchev–Trinajstić information content (AvgIpc) is 2.76. The lowest BCUT2D eigenvalue weighted by molar-refractivity contribution is -0.134. The summed E-state index contributed by atoms with van der Waals surface area (Å²) in [5, 5.41) is 2.84. The number of likely N-dealkylation sites (tertiary alicyclic amines) is 1. The lowest BCUT2D eigenvalue weighted by Gasteiger charge is -2.21. The molecule has 1 spiro atoms. The van der Waals surface area contributed by atoms with Crippen LogP contribution in [0.2, 0.25) is 0 Å². The van der Waals surface area contributed by atoms with Crippen LogP contribution in [0.25, 0.3) is 0 Å². The van der Waals surface area contributed by atoms with Crippen molar-refractivity contribution in [1.29, 1.82) is 0 Å². The first-order valence-electron chi connectivity index (χ1n) is 5.19. The number of hydrogen-bond acceptors (Lipinski definition) is 3. The van der Waals surface area contributed by atoms with Crippen molar-refractivity contribution in [2.75, 3.05) is 33.4 Å². The zero-order valence-corrected chi connectivity index (χ0v) is 8.91. The lowest BCUT2D eigenvalue weighted by atomic mass is 9.86. The lowest BCUT2D eigenvalue weighted by Crippen LogP contribution is -2.35. The van der Waals surface area contributed by atoms with Crippen LogP contribution in [0, 0.1) is 5.41 Å². The molecule has 5 nitrogen and oxygen atoms in total. The van der Waals surface area contributed by atoms with Gasteiger partial charge in [-0.1, -0.05) is 0 Å². The Morgan fingerprint density at radius 2 is 2.47 bits per heavy atom. The molecule has 0 aliphatic carbocycles. The Labute approximate surface area is 88.8 Å². The van der Waals surface area contributed by atoms with E-state index in [9.17, 15) is 9.59 Å². The number of methoxy groups -OCH3 is 1. The number of ether oxygens (including phenoxy) is 1. The first-order chi connectivity index (χ1) is 7.15. The number of hydrogen-bond donors (Lipinski definition) is 1. The van der Waals surface area contributed by atoms with Crippen molar-refractivity contribution in [3.05, 3.63) is 0 Å². The third-order valence-corrected chi connectivity index (χ3v) is 3.25. The van der Waals surface area contributed by atoms with Crippen LogP contribution < -0.4 is 5.32 Å². The van der Waals surface area contributed by atoms with E-state index in [2.05, 4.69) is 5.32 Å². The molecule has 2 fully saturated rings. The number of carbonyl (C=O) groups is 2. The first-order valence-corrected chi connectivity index (χ1v) is 5.19. The van der Waals surface area contributed by atoms with Gasteiger partial charge in [-0.3, -0.25) is 9.59 Å². The summed E-state index contributed by atoms with van der Waals surface area (Å²) in [6.07, 6.45) is 1.48. The molecule has 1 unspecified atom stereocenters. The SMILES string of the molecule is COCC(=O)N1CCC2(CNC(=O)C2)C1. The van der Waals surface area contributed by atoms with E-state index < -0.39 is 0 Å². The van der Waals surface area contributed by atoms with Gasteiger partial charge in [0.1, 0.15) is 6.61 Å². The molecule has 2 aliphatic heterocycles. The standard InChI is InChI=1S/C10H16N2O3/c1-15-5-9(14)12-3-2-10(7-12)4-8(13)11-6-10/h2-7H2,1H3,(H,11,13). The van der Waals surface area contributed by atoms with Gasteiger partial charge in [0.15, 0.2) is 0 Å². The van der Waals surface area contributed by atoms with Crippen LogP contribution in [-0.4, -0.2) is 50.1 Å². The smallest absolute Gasteiger partial charge is 0.248 e. The fourth-order valence-corrected chi connectivity index (χ4v) is 2.40. The van der Waals surface area contributed by atoms with Gasteiger partial charge in [-0.25, -0.2) is 0 Å². The molecule has 84 valence electrons. The molecule has 0 bridgehead atoms. The summed E-state index contributed by atoms with van der Waals surface area (Å²) >= 11 is 0. The van der Waals surface area contributed by atoms with Gasteiger partial charge in [0, 0.05) is 38.6 Å². The maximum absolute atomic E-state index is 11.6. The summed E-state index contributed by atoms with van der Waals surface area (Å²) < 4.78 is 4.81. The van der Waals surface area contributed by atoms with E-state index >= 15 is 0 Å². The molecule has 0 aromatic heterocycles. The molecule has 2 saturated heterocycles. The van der Waals surface area contributed by atoms with Crippen molar-refractivity contribution in [2.45, 2.75) is 12.8 Å². The van der Waals surface area contributed by atoms with Gasteiger partial charge in [-0.2, -0.15) is 0 Å². The average molecular weight is 212 g/mol. The molecule has 2 heterocycles. The number of nitrogens with zero attached hydrogens (tertiary/aromatic N) is 1. The maximum atomic E-state index is 11.6. The van der Waals surface area contributed by atoms with E-state index in [0.717, 1.165) is 13.0 Å². The number of amides is 2. The van der Waals surface area contributed by atoms with Crippen LogP contribution >= 0.6 is 0 Å². The second-order valence-electron chi connectivity index (χ2n) is 4.45. The third-order valence-electron chi connectivity index (χ3n) is 3.25. The Morgan fingerprint density at radius 3 is 3.07 bits per heavy atom. The van der Waals surface area contributed by atoms with Gasteiger partial charge in [-0.05, 0) is 6.42 Å². The summed E-state index contributed by atoms with van der Waals surface area (Å²) in [6, 6.07) is 0. The number of nitrogens with one attached hydrogen (secondary N) is 1. The molecule has 0 saturated carbocycles. The second kappa shape index (κ2) is 3.81. The molecule has 5 heteroatoms. The topological polar surface area (TPSA) is 58.6 Å². The highest BCUT2D eigenvalue weighted by Crippen LogP contribution is 2.36. The van der Waals surface area contributed by atoms with Gasteiger partial charge in [0.2, 0.25) is 11.8 Å². The van der Waals surface area contributed by atoms with Crippen LogP contribution in [0.5, 0.6) is 0 Å². The normalized spacial score (nSPS) is 29.9. The van der Waals surface area contributed by atoms with Crippen molar-refractivity contribution in [2.24, 2.45) is 5.41 Å². The Morgan fingerprint density at radius 1 is 1.67 bits per heavy atom. The molecule has 15 heavy (non-hydrogen) atoms. The molecule has 0 aromatic carbocycles. The van der Waals surface area contributed by atoms with Crippen molar-refractivity contribution >= 4 is 11.8 Å². The van der Waals surface area contributed by atoms with Crippen LogP contribution in [0.1, 0.15) is 12.8 Å². The molecule has 2 rings (SSSR count). The zero-order valence-electron chi connectivity index (χ0n) is 8.91. The van der Waals surface area contributed by atoms with Gasteiger partial charge >= 0.3 is 0 Å². The van der Waals surface area contributed by atoms with Crippen LogP contribution in [0.3, 0.4) is 0 Å². The Bertz CT molecular complexity index is 292. The van der Waals surface area contributed by atoms with Crippen molar-refractivity contribution in [3.63, 3.8) is 0 Å². The summed E-state index contributed by atoms with van der Waals surface area (Å²) in [5.74, 6) is 0.129. The quantitative estimate of drug-likeness (QED) is 0.663. The molecule has 2 aliphatic rings. The fourth-order valence-electron chi connectivity index (χ4n) is 2.40. The summed E-state index contributed by atoms with van der Waals surface area (Å²) in [5.41, 5.74) is 0.000481. The Kier molecular flexibility index (Phi) is 2.65. The molecule has 0 radical (unpaired) electrons.